The fraction of sp³-hybridized carbons (Fsp3) is 0.316. The van der Waals surface area contributed by atoms with Gasteiger partial charge in [0.1, 0.15) is 17.1 Å². The fourth-order valence-electron chi connectivity index (χ4n) is 2.67. The second kappa shape index (κ2) is 8.39. The van der Waals surface area contributed by atoms with E-state index >= 15 is 0 Å². The Hall–Kier alpha value is -3.29. The maximum absolute atomic E-state index is 12.6. The summed E-state index contributed by atoms with van der Waals surface area (Å²) in [5.74, 6) is -2.01. The summed E-state index contributed by atoms with van der Waals surface area (Å²) in [6.45, 7) is 4.52. The van der Waals surface area contributed by atoms with Gasteiger partial charge in [-0.1, -0.05) is 0 Å². The van der Waals surface area contributed by atoms with E-state index in [2.05, 4.69) is 4.98 Å². The molecule has 2 rings (SSSR count). The highest BCUT2D eigenvalue weighted by molar-refractivity contribution is 6.09. The van der Waals surface area contributed by atoms with Gasteiger partial charge in [-0.2, -0.15) is 0 Å². The Morgan fingerprint density at radius 3 is 2.33 bits per heavy atom. The number of carbonyl (C=O) groups excluding carboxylic acids is 3. The van der Waals surface area contributed by atoms with Gasteiger partial charge in [0.15, 0.2) is 6.61 Å². The standard InChI is InChI=1S/C19H21NO7/c1-5-26-19(24)17-11(3)20-10(2)16(17)15(22)9-27-18(23)13-8-12(25-4)6-7-14(13)21/h6-8,20-21H,5,9H2,1-4H3. The lowest BCUT2D eigenvalue weighted by molar-refractivity contribution is 0.0469. The van der Waals surface area contributed by atoms with E-state index in [-0.39, 0.29) is 29.0 Å². The molecule has 0 bridgehead atoms. The number of Topliss-reactive ketones (excluding diaryl/α,β-unsaturated/α-hetero) is 1. The number of ether oxygens (including phenoxy) is 3. The first-order valence-electron chi connectivity index (χ1n) is 8.23. The Labute approximate surface area is 156 Å². The number of nitrogens with one attached hydrogen (secondary N) is 1. The number of aromatic nitrogens is 1. The molecule has 0 radical (unpaired) electrons. The summed E-state index contributed by atoms with van der Waals surface area (Å²) in [6, 6.07) is 4.07. The van der Waals surface area contributed by atoms with Crippen molar-refractivity contribution < 1.29 is 33.7 Å². The molecule has 0 aliphatic rings. The maximum Gasteiger partial charge on any atom is 0.342 e. The molecule has 8 nitrogen and oxygen atoms in total. The number of phenolic OH excluding ortho intramolecular Hbond substituents is 1. The van der Waals surface area contributed by atoms with E-state index in [9.17, 15) is 19.5 Å². The molecule has 1 heterocycles. The molecule has 1 aromatic heterocycles. The van der Waals surface area contributed by atoms with E-state index in [0.29, 0.717) is 17.1 Å². The first kappa shape index (κ1) is 20.0. The van der Waals surface area contributed by atoms with Gasteiger partial charge in [-0.3, -0.25) is 4.79 Å². The lowest BCUT2D eigenvalue weighted by Crippen LogP contribution is -2.18. The molecule has 0 saturated heterocycles. The predicted molar refractivity (Wildman–Crippen MR) is 95.5 cm³/mol. The van der Waals surface area contributed by atoms with E-state index in [1.165, 1.54) is 25.3 Å². The van der Waals surface area contributed by atoms with Crippen LogP contribution in [0.5, 0.6) is 11.5 Å². The van der Waals surface area contributed by atoms with Gasteiger partial charge in [0.2, 0.25) is 5.78 Å². The van der Waals surface area contributed by atoms with Gasteiger partial charge in [0.05, 0.1) is 24.8 Å². The average molecular weight is 375 g/mol. The summed E-state index contributed by atoms with van der Waals surface area (Å²) in [5, 5.41) is 9.80. The number of esters is 2. The van der Waals surface area contributed by atoms with Crippen LogP contribution in [0.2, 0.25) is 0 Å². The molecule has 2 aromatic rings. The number of H-pyrrole nitrogens is 1. The van der Waals surface area contributed by atoms with Crippen LogP contribution < -0.4 is 4.74 Å². The van der Waals surface area contributed by atoms with E-state index in [1.807, 2.05) is 0 Å². The number of aryl methyl sites for hydroxylation is 2. The second-order valence-corrected chi connectivity index (χ2v) is 5.73. The first-order valence-corrected chi connectivity index (χ1v) is 8.23. The number of benzene rings is 1. The van der Waals surface area contributed by atoms with Gasteiger partial charge >= 0.3 is 11.9 Å². The minimum atomic E-state index is -0.887. The van der Waals surface area contributed by atoms with Gasteiger partial charge in [0.25, 0.3) is 0 Å². The van der Waals surface area contributed by atoms with Crippen LogP contribution in [0.15, 0.2) is 18.2 Å². The summed E-state index contributed by atoms with van der Waals surface area (Å²) < 4.78 is 15.0. The summed E-state index contributed by atoms with van der Waals surface area (Å²) in [4.78, 5) is 39.8. The number of carbonyl (C=O) groups is 3. The van der Waals surface area contributed by atoms with Crippen molar-refractivity contribution in [1.29, 1.82) is 0 Å². The van der Waals surface area contributed by atoms with E-state index in [1.54, 1.807) is 20.8 Å². The molecule has 0 amide bonds. The minimum absolute atomic E-state index is 0.119. The Bertz CT molecular complexity index is 882. The number of hydrogen-bond donors (Lipinski definition) is 2. The van der Waals surface area contributed by atoms with Crippen LogP contribution in [0.3, 0.4) is 0 Å². The van der Waals surface area contributed by atoms with Gasteiger partial charge < -0.3 is 24.3 Å². The summed E-state index contributed by atoms with van der Waals surface area (Å²) in [5.41, 5.74) is 1.08. The molecule has 1 aromatic carbocycles. The third-order valence-corrected chi connectivity index (χ3v) is 3.89. The number of phenols is 1. The van der Waals surface area contributed by atoms with Crippen LogP contribution in [-0.2, 0) is 9.47 Å². The molecule has 0 unspecified atom stereocenters. The topological polar surface area (TPSA) is 115 Å². The van der Waals surface area contributed by atoms with Gasteiger partial charge in [-0.25, -0.2) is 9.59 Å². The lowest BCUT2D eigenvalue weighted by atomic mass is 10.1. The number of aromatic hydroxyl groups is 1. The zero-order valence-electron chi connectivity index (χ0n) is 15.5. The Morgan fingerprint density at radius 2 is 1.70 bits per heavy atom. The molecule has 0 aliphatic carbocycles. The Kier molecular flexibility index (Phi) is 6.23. The molecule has 0 atom stereocenters. The largest absolute Gasteiger partial charge is 0.507 e. The number of ketones is 1. The smallest absolute Gasteiger partial charge is 0.342 e. The van der Waals surface area contributed by atoms with Crippen molar-refractivity contribution in [3.05, 3.63) is 46.3 Å². The molecule has 0 fully saturated rings. The van der Waals surface area contributed by atoms with E-state index in [0.717, 1.165) is 0 Å². The molecule has 0 saturated carbocycles. The lowest BCUT2D eigenvalue weighted by Gasteiger charge is -2.09. The predicted octanol–water partition coefficient (Wildman–Crippen LogP) is 2.56. The van der Waals surface area contributed by atoms with Crippen molar-refractivity contribution >= 4 is 17.7 Å². The van der Waals surface area contributed by atoms with Crippen molar-refractivity contribution in [2.75, 3.05) is 20.3 Å². The number of aromatic amines is 1. The van der Waals surface area contributed by atoms with Crippen molar-refractivity contribution in [3.63, 3.8) is 0 Å². The molecule has 0 spiro atoms. The Balaban J connectivity index is 2.19. The third-order valence-electron chi connectivity index (χ3n) is 3.89. The van der Waals surface area contributed by atoms with Gasteiger partial charge in [0, 0.05) is 11.4 Å². The quantitative estimate of drug-likeness (QED) is 0.564. The van der Waals surface area contributed by atoms with Crippen molar-refractivity contribution in [2.45, 2.75) is 20.8 Å². The SMILES string of the molecule is CCOC(=O)c1c(C)[nH]c(C)c1C(=O)COC(=O)c1cc(OC)ccc1O. The average Bonchev–Trinajstić information content (AvgIpc) is 2.94. The van der Waals surface area contributed by atoms with Crippen LogP contribution >= 0.6 is 0 Å². The first-order chi connectivity index (χ1) is 12.8. The van der Waals surface area contributed by atoms with Crippen LogP contribution in [0.4, 0.5) is 0 Å². The molecular formula is C19H21NO7. The number of rotatable bonds is 7. The summed E-state index contributed by atoms with van der Waals surface area (Å²) >= 11 is 0. The van der Waals surface area contributed by atoms with Crippen LogP contribution in [0.25, 0.3) is 0 Å². The third kappa shape index (κ3) is 4.28. The van der Waals surface area contributed by atoms with Crippen molar-refractivity contribution in [2.24, 2.45) is 0 Å². The van der Waals surface area contributed by atoms with Crippen LogP contribution in [0, 0.1) is 13.8 Å². The molecule has 0 aliphatic heterocycles. The molecule has 8 heteroatoms. The Morgan fingerprint density at radius 1 is 1.04 bits per heavy atom. The summed E-state index contributed by atoms with van der Waals surface area (Å²) in [6.07, 6.45) is 0. The van der Waals surface area contributed by atoms with Gasteiger partial charge in [-0.05, 0) is 39.0 Å². The van der Waals surface area contributed by atoms with Gasteiger partial charge in [-0.15, -0.1) is 0 Å². The van der Waals surface area contributed by atoms with E-state index in [4.69, 9.17) is 14.2 Å². The number of methoxy groups -OCH3 is 1. The van der Waals surface area contributed by atoms with Crippen molar-refractivity contribution in [1.82, 2.24) is 4.98 Å². The minimum Gasteiger partial charge on any atom is -0.507 e. The fourth-order valence-corrected chi connectivity index (χ4v) is 2.67. The maximum atomic E-state index is 12.6. The zero-order chi connectivity index (χ0) is 20.1. The zero-order valence-corrected chi connectivity index (χ0v) is 15.5. The highest BCUT2D eigenvalue weighted by atomic mass is 16.5. The van der Waals surface area contributed by atoms with Crippen LogP contribution in [-0.4, -0.2) is 48.1 Å². The highest BCUT2D eigenvalue weighted by Gasteiger charge is 2.26. The van der Waals surface area contributed by atoms with Crippen LogP contribution in [0.1, 0.15) is 49.4 Å². The summed E-state index contributed by atoms with van der Waals surface area (Å²) in [7, 11) is 1.42. The molecular weight excluding hydrogens is 354 g/mol. The molecule has 27 heavy (non-hydrogen) atoms. The van der Waals surface area contributed by atoms with E-state index < -0.39 is 24.3 Å². The molecule has 2 N–H and O–H groups in total. The van der Waals surface area contributed by atoms with Crippen molar-refractivity contribution in [3.8, 4) is 11.5 Å². The number of hydrogen-bond acceptors (Lipinski definition) is 7. The second-order valence-electron chi connectivity index (χ2n) is 5.73. The molecule has 144 valence electrons. The monoisotopic (exact) mass is 375 g/mol. The normalized spacial score (nSPS) is 10.4. The highest BCUT2D eigenvalue weighted by Crippen LogP contribution is 2.24.